The highest BCUT2D eigenvalue weighted by atomic mass is 16.2. The van der Waals surface area contributed by atoms with Crippen LogP contribution < -0.4 is 10.3 Å². The number of hydrogen-bond donors (Lipinski definition) is 1. The predicted octanol–water partition coefficient (Wildman–Crippen LogP) is 4.40. The molecule has 4 nitrogen and oxygen atoms in total. The molecular formula is C24H18N2O2. The maximum atomic E-state index is 13.0. The van der Waals surface area contributed by atoms with Crippen molar-refractivity contribution in [2.45, 2.75) is 6.42 Å². The van der Waals surface area contributed by atoms with Gasteiger partial charge < -0.3 is 9.88 Å². The van der Waals surface area contributed by atoms with Gasteiger partial charge in [-0.25, -0.2) is 0 Å². The van der Waals surface area contributed by atoms with E-state index in [4.69, 9.17) is 0 Å². The number of nitrogens with zero attached hydrogens (tertiary/aromatic N) is 1. The van der Waals surface area contributed by atoms with Gasteiger partial charge >= 0.3 is 0 Å². The van der Waals surface area contributed by atoms with Crippen LogP contribution in [0, 0.1) is 0 Å². The van der Waals surface area contributed by atoms with E-state index in [1.807, 2.05) is 72.8 Å². The number of H-pyrrole nitrogens is 1. The van der Waals surface area contributed by atoms with Crippen LogP contribution in [-0.4, -0.2) is 17.4 Å². The zero-order valence-electron chi connectivity index (χ0n) is 15.2. The van der Waals surface area contributed by atoms with E-state index in [1.165, 1.54) is 0 Å². The molecule has 0 bridgehead atoms. The Labute approximate surface area is 162 Å². The third kappa shape index (κ3) is 2.62. The molecule has 2 heterocycles. The normalized spacial score (nSPS) is 12.9. The lowest BCUT2D eigenvalue weighted by Gasteiger charge is -2.18. The number of nitrogens with one attached hydrogen (secondary N) is 1. The molecule has 136 valence electrons. The molecule has 0 spiro atoms. The van der Waals surface area contributed by atoms with Gasteiger partial charge in [-0.1, -0.05) is 48.5 Å². The van der Waals surface area contributed by atoms with Gasteiger partial charge in [0.05, 0.1) is 10.9 Å². The molecule has 1 aliphatic rings. The highest BCUT2D eigenvalue weighted by molar-refractivity contribution is 6.09. The summed E-state index contributed by atoms with van der Waals surface area (Å²) in [4.78, 5) is 31.0. The topological polar surface area (TPSA) is 53.2 Å². The van der Waals surface area contributed by atoms with Crippen molar-refractivity contribution in [1.29, 1.82) is 0 Å². The summed E-state index contributed by atoms with van der Waals surface area (Å²) in [5.41, 5.74) is 5.00. The maximum absolute atomic E-state index is 13.0. The van der Waals surface area contributed by atoms with Gasteiger partial charge in [-0.3, -0.25) is 9.59 Å². The molecular weight excluding hydrogens is 348 g/mol. The van der Waals surface area contributed by atoms with Gasteiger partial charge in [-0.15, -0.1) is 0 Å². The van der Waals surface area contributed by atoms with E-state index >= 15 is 0 Å². The Balaban J connectivity index is 1.62. The fraction of sp³-hybridized carbons (Fsp3) is 0.0833. The summed E-state index contributed by atoms with van der Waals surface area (Å²) in [5.74, 6) is -0.0314. The van der Waals surface area contributed by atoms with Gasteiger partial charge in [0, 0.05) is 29.6 Å². The van der Waals surface area contributed by atoms with E-state index < -0.39 is 0 Å². The summed E-state index contributed by atoms with van der Waals surface area (Å²) in [7, 11) is 0. The molecule has 0 radical (unpaired) electrons. The second-order valence-corrected chi connectivity index (χ2v) is 6.97. The summed E-state index contributed by atoms with van der Waals surface area (Å²) in [6, 6.07) is 24.6. The Bertz CT molecular complexity index is 1240. The quantitative estimate of drug-likeness (QED) is 0.572. The minimum absolute atomic E-state index is 0.0153. The SMILES string of the molecule is O=C(c1ccccc1)N1CCc2c1ccc1[nH]c(-c3ccccc3)cc(=O)c21. The van der Waals surface area contributed by atoms with Crippen LogP contribution in [0.1, 0.15) is 15.9 Å². The summed E-state index contributed by atoms with van der Waals surface area (Å²) in [6.45, 7) is 0.585. The number of carbonyl (C=O) groups excluding carboxylic acids is 1. The average Bonchev–Trinajstić information content (AvgIpc) is 3.18. The minimum atomic E-state index is -0.0314. The maximum Gasteiger partial charge on any atom is 0.258 e. The number of carbonyl (C=O) groups is 1. The Morgan fingerprint density at radius 3 is 2.36 bits per heavy atom. The molecule has 3 aromatic carbocycles. The molecule has 5 rings (SSSR count). The summed E-state index contributed by atoms with van der Waals surface area (Å²) in [6.07, 6.45) is 0.680. The second-order valence-electron chi connectivity index (χ2n) is 6.97. The van der Waals surface area contributed by atoms with Crippen LogP contribution in [-0.2, 0) is 6.42 Å². The first-order valence-corrected chi connectivity index (χ1v) is 9.33. The van der Waals surface area contributed by atoms with Crippen LogP contribution in [0.5, 0.6) is 0 Å². The fourth-order valence-electron chi connectivity index (χ4n) is 3.98. The van der Waals surface area contributed by atoms with E-state index in [0.29, 0.717) is 23.9 Å². The first-order valence-electron chi connectivity index (χ1n) is 9.33. The van der Waals surface area contributed by atoms with Gasteiger partial charge in [-0.05, 0) is 41.8 Å². The first kappa shape index (κ1) is 16.5. The monoisotopic (exact) mass is 366 g/mol. The number of rotatable bonds is 2. The lowest BCUT2D eigenvalue weighted by Crippen LogP contribution is -2.28. The van der Waals surface area contributed by atoms with Crippen LogP contribution in [0.25, 0.3) is 22.2 Å². The van der Waals surface area contributed by atoms with Crippen LogP contribution in [0.15, 0.2) is 83.7 Å². The zero-order chi connectivity index (χ0) is 19.1. The minimum Gasteiger partial charge on any atom is -0.354 e. The highest BCUT2D eigenvalue weighted by Gasteiger charge is 2.27. The molecule has 1 N–H and O–H groups in total. The van der Waals surface area contributed by atoms with E-state index in [0.717, 1.165) is 28.0 Å². The first-order chi connectivity index (χ1) is 13.7. The van der Waals surface area contributed by atoms with Gasteiger partial charge in [0.25, 0.3) is 5.91 Å². The van der Waals surface area contributed by atoms with Crippen molar-refractivity contribution < 1.29 is 4.79 Å². The average molecular weight is 366 g/mol. The molecule has 4 aromatic rings. The summed E-state index contributed by atoms with van der Waals surface area (Å²) >= 11 is 0. The molecule has 1 aromatic heterocycles. The molecule has 0 unspecified atom stereocenters. The standard InChI is InChI=1S/C24H18N2O2/c27-22-15-20(16-7-3-1-4-8-16)25-19-11-12-21-18(23(19)22)13-14-26(21)24(28)17-9-5-2-6-10-17/h1-12,15H,13-14H2,(H,25,27). The number of pyridine rings is 1. The molecule has 0 fully saturated rings. The Kier molecular flexibility index (Phi) is 3.83. The Hall–Kier alpha value is -3.66. The number of aromatic nitrogens is 1. The van der Waals surface area contributed by atoms with Crippen LogP contribution >= 0.6 is 0 Å². The third-order valence-corrected chi connectivity index (χ3v) is 5.31. The van der Waals surface area contributed by atoms with Crippen molar-refractivity contribution in [3.8, 4) is 11.3 Å². The summed E-state index contributed by atoms with van der Waals surface area (Å²) in [5, 5.41) is 0.681. The number of hydrogen-bond acceptors (Lipinski definition) is 2. The van der Waals surface area contributed by atoms with Crippen LogP contribution in [0.4, 0.5) is 5.69 Å². The van der Waals surface area contributed by atoms with E-state index in [-0.39, 0.29) is 11.3 Å². The van der Waals surface area contributed by atoms with Gasteiger partial charge in [-0.2, -0.15) is 0 Å². The van der Waals surface area contributed by atoms with Crippen LogP contribution in [0.3, 0.4) is 0 Å². The van der Waals surface area contributed by atoms with Gasteiger partial charge in [0.15, 0.2) is 5.43 Å². The molecule has 0 aliphatic carbocycles. The summed E-state index contributed by atoms with van der Waals surface area (Å²) < 4.78 is 0. The van der Waals surface area contributed by atoms with Crippen molar-refractivity contribution in [3.05, 3.63) is 100 Å². The predicted molar refractivity (Wildman–Crippen MR) is 112 cm³/mol. The van der Waals surface area contributed by atoms with E-state index in [1.54, 1.807) is 11.0 Å². The van der Waals surface area contributed by atoms with E-state index in [9.17, 15) is 9.59 Å². The zero-order valence-corrected chi connectivity index (χ0v) is 15.2. The second kappa shape index (κ2) is 6.50. The van der Waals surface area contributed by atoms with E-state index in [2.05, 4.69) is 4.98 Å². The van der Waals surface area contributed by atoms with Crippen molar-refractivity contribution in [1.82, 2.24) is 4.98 Å². The molecule has 1 amide bonds. The number of fused-ring (bicyclic) bond motifs is 3. The molecule has 0 saturated carbocycles. The number of benzene rings is 3. The number of amides is 1. The van der Waals surface area contributed by atoms with Crippen molar-refractivity contribution in [3.63, 3.8) is 0 Å². The van der Waals surface area contributed by atoms with Gasteiger partial charge in [0.2, 0.25) is 0 Å². The largest absolute Gasteiger partial charge is 0.354 e. The van der Waals surface area contributed by atoms with Crippen molar-refractivity contribution in [2.75, 3.05) is 11.4 Å². The lowest BCUT2D eigenvalue weighted by molar-refractivity contribution is 0.0989. The smallest absolute Gasteiger partial charge is 0.258 e. The third-order valence-electron chi connectivity index (χ3n) is 5.31. The molecule has 1 aliphatic heterocycles. The fourth-order valence-corrected chi connectivity index (χ4v) is 3.98. The van der Waals surface area contributed by atoms with Crippen molar-refractivity contribution in [2.24, 2.45) is 0 Å². The molecule has 0 atom stereocenters. The molecule has 28 heavy (non-hydrogen) atoms. The number of anilines is 1. The van der Waals surface area contributed by atoms with Crippen molar-refractivity contribution >= 4 is 22.5 Å². The van der Waals surface area contributed by atoms with Crippen LogP contribution in [0.2, 0.25) is 0 Å². The Morgan fingerprint density at radius 1 is 0.893 bits per heavy atom. The molecule has 4 heteroatoms. The van der Waals surface area contributed by atoms with Gasteiger partial charge in [0.1, 0.15) is 0 Å². The molecule has 0 saturated heterocycles. The lowest BCUT2D eigenvalue weighted by atomic mass is 10.0. The number of aromatic amines is 1. The Morgan fingerprint density at radius 2 is 1.61 bits per heavy atom. The highest BCUT2D eigenvalue weighted by Crippen LogP contribution is 2.34.